The first kappa shape index (κ1) is 15.9. The quantitative estimate of drug-likeness (QED) is 0.565. The van der Waals surface area contributed by atoms with E-state index >= 15 is 0 Å². The number of ether oxygens (including phenoxy) is 2. The molecule has 0 spiro atoms. The van der Waals surface area contributed by atoms with Gasteiger partial charge in [0.05, 0.1) is 6.54 Å². The van der Waals surface area contributed by atoms with Crippen LogP contribution in [-0.4, -0.2) is 55.9 Å². The number of piperazine rings is 1. The first-order valence-corrected chi connectivity index (χ1v) is 8.08. The van der Waals surface area contributed by atoms with Crippen molar-refractivity contribution in [1.29, 1.82) is 0 Å². The van der Waals surface area contributed by atoms with E-state index in [-0.39, 0.29) is 6.79 Å². The van der Waals surface area contributed by atoms with Gasteiger partial charge in [-0.2, -0.15) is 0 Å². The van der Waals surface area contributed by atoms with Crippen LogP contribution in [0.4, 0.5) is 5.69 Å². The van der Waals surface area contributed by atoms with Crippen molar-refractivity contribution in [2.24, 2.45) is 10.7 Å². The molecule has 2 aliphatic heterocycles. The third kappa shape index (κ3) is 3.86. The molecule has 2 aliphatic rings. The summed E-state index contributed by atoms with van der Waals surface area (Å²) in [4.78, 5) is 6.90. The van der Waals surface area contributed by atoms with Crippen molar-refractivity contribution < 1.29 is 9.47 Å². The molecule has 3 rings (SSSR count). The largest absolute Gasteiger partial charge is 0.454 e. The van der Waals surface area contributed by atoms with Gasteiger partial charge in [-0.25, -0.2) is 0 Å². The molecule has 0 amide bonds. The lowest BCUT2D eigenvalue weighted by molar-refractivity contribution is 0.174. The summed E-state index contributed by atoms with van der Waals surface area (Å²) in [7, 11) is 0. The topological polar surface area (TPSA) is 84.1 Å². The maximum Gasteiger partial charge on any atom is 0.231 e. The van der Waals surface area contributed by atoms with E-state index in [1.54, 1.807) is 0 Å². The minimum Gasteiger partial charge on any atom is -0.454 e. The summed E-state index contributed by atoms with van der Waals surface area (Å²) in [6.07, 6.45) is 0. The molecule has 1 aromatic carbocycles. The molecule has 2 heterocycles. The summed E-state index contributed by atoms with van der Waals surface area (Å²) in [5, 5.41) is 6.94. The maximum atomic E-state index is 5.63. The summed E-state index contributed by atoms with van der Waals surface area (Å²) < 4.78 is 10.8. The number of fused-ring (bicyclic) bond motifs is 1. The van der Waals surface area contributed by atoms with Crippen LogP contribution in [0.3, 0.4) is 0 Å². The maximum absolute atomic E-state index is 5.63. The highest BCUT2D eigenvalue weighted by Crippen LogP contribution is 2.34. The normalized spacial score (nSPS) is 24.0. The second-order valence-corrected chi connectivity index (χ2v) is 6.06. The van der Waals surface area contributed by atoms with Gasteiger partial charge >= 0.3 is 0 Å². The third-order valence-corrected chi connectivity index (χ3v) is 3.88. The Hall–Kier alpha value is -1.99. The molecule has 1 aromatic rings. The monoisotopic (exact) mass is 319 g/mol. The molecule has 1 saturated heterocycles. The van der Waals surface area contributed by atoms with E-state index < -0.39 is 0 Å². The number of nitrogens with one attached hydrogen (secondary N) is 2. The standard InChI is InChI=1S/C16H25N5O2/c1-11-8-21(9-12(2)19-11)16(18-6-5-17)20-13-3-4-14-15(7-13)23-10-22-14/h3-4,7,11-12,19H,5-6,8-10,17H2,1-2H3,(H,18,20). The Morgan fingerprint density at radius 1 is 1.30 bits per heavy atom. The molecule has 0 radical (unpaired) electrons. The van der Waals surface area contributed by atoms with Gasteiger partial charge in [-0.05, 0) is 26.0 Å². The van der Waals surface area contributed by atoms with Crippen LogP contribution in [0.1, 0.15) is 13.8 Å². The Morgan fingerprint density at radius 3 is 2.78 bits per heavy atom. The lowest BCUT2D eigenvalue weighted by Gasteiger charge is -2.38. The van der Waals surface area contributed by atoms with E-state index in [0.717, 1.165) is 36.2 Å². The van der Waals surface area contributed by atoms with Crippen molar-refractivity contribution in [3.63, 3.8) is 0 Å². The van der Waals surface area contributed by atoms with E-state index in [4.69, 9.17) is 15.2 Å². The van der Waals surface area contributed by atoms with Gasteiger partial charge in [0.25, 0.3) is 0 Å². The van der Waals surface area contributed by atoms with Gasteiger partial charge in [0.15, 0.2) is 17.5 Å². The number of rotatable bonds is 3. The van der Waals surface area contributed by atoms with Gasteiger partial charge < -0.3 is 30.7 Å². The second-order valence-electron chi connectivity index (χ2n) is 6.06. The van der Waals surface area contributed by atoms with Gasteiger partial charge in [0.1, 0.15) is 0 Å². The molecule has 4 N–H and O–H groups in total. The molecular formula is C16H25N5O2. The highest BCUT2D eigenvalue weighted by molar-refractivity contribution is 5.94. The molecule has 126 valence electrons. The number of nitrogens with two attached hydrogens (primary N) is 1. The van der Waals surface area contributed by atoms with E-state index in [0.29, 0.717) is 25.2 Å². The van der Waals surface area contributed by atoms with Crippen molar-refractivity contribution in [3.8, 4) is 11.5 Å². The fourth-order valence-electron chi connectivity index (χ4n) is 2.99. The first-order chi connectivity index (χ1) is 11.2. The van der Waals surface area contributed by atoms with Crippen LogP contribution >= 0.6 is 0 Å². The Bertz CT molecular complexity index is 568. The molecule has 23 heavy (non-hydrogen) atoms. The molecule has 0 aliphatic carbocycles. The number of benzene rings is 1. The summed E-state index contributed by atoms with van der Waals surface area (Å²) in [5.74, 6) is 2.39. The van der Waals surface area contributed by atoms with E-state index in [1.165, 1.54) is 0 Å². The first-order valence-electron chi connectivity index (χ1n) is 8.08. The predicted molar refractivity (Wildman–Crippen MR) is 91.2 cm³/mol. The Labute approximate surface area is 136 Å². The number of hydrogen-bond acceptors (Lipinski definition) is 5. The predicted octanol–water partition coefficient (Wildman–Crippen LogP) is 0.824. The molecule has 7 heteroatoms. The van der Waals surface area contributed by atoms with Crippen LogP contribution in [0.5, 0.6) is 11.5 Å². The van der Waals surface area contributed by atoms with Gasteiger partial charge in [-0.1, -0.05) is 0 Å². The van der Waals surface area contributed by atoms with Crippen molar-refractivity contribution in [3.05, 3.63) is 18.2 Å². The number of hydrogen-bond donors (Lipinski definition) is 3. The molecule has 1 fully saturated rings. The molecule has 0 saturated carbocycles. The smallest absolute Gasteiger partial charge is 0.231 e. The van der Waals surface area contributed by atoms with Gasteiger partial charge in [0, 0.05) is 43.5 Å². The van der Waals surface area contributed by atoms with Crippen LogP contribution in [-0.2, 0) is 0 Å². The van der Waals surface area contributed by atoms with Crippen molar-refractivity contribution in [2.45, 2.75) is 25.9 Å². The SMILES string of the molecule is CC1CN(C(=NCCN)Nc2ccc3c(c2)OCO3)CC(C)N1. The Morgan fingerprint density at radius 2 is 2.04 bits per heavy atom. The van der Waals surface area contributed by atoms with Crippen LogP contribution in [0.2, 0.25) is 0 Å². The van der Waals surface area contributed by atoms with E-state index in [1.807, 2.05) is 18.2 Å². The molecule has 7 nitrogen and oxygen atoms in total. The van der Waals surface area contributed by atoms with Crippen LogP contribution in [0.15, 0.2) is 23.2 Å². The molecular weight excluding hydrogens is 294 g/mol. The lowest BCUT2D eigenvalue weighted by Crippen LogP contribution is -2.57. The number of nitrogens with zero attached hydrogens (tertiary/aromatic N) is 2. The number of anilines is 1. The molecule has 2 unspecified atom stereocenters. The van der Waals surface area contributed by atoms with Crippen molar-refractivity contribution in [2.75, 3.05) is 38.3 Å². The number of guanidine groups is 1. The lowest BCUT2D eigenvalue weighted by atomic mass is 10.1. The minimum atomic E-state index is 0.278. The summed E-state index contributed by atoms with van der Waals surface area (Å²) >= 11 is 0. The van der Waals surface area contributed by atoms with E-state index in [2.05, 4.69) is 34.4 Å². The van der Waals surface area contributed by atoms with Crippen molar-refractivity contribution >= 4 is 11.6 Å². The highest BCUT2D eigenvalue weighted by Gasteiger charge is 2.24. The van der Waals surface area contributed by atoms with Crippen LogP contribution in [0, 0.1) is 0 Å². The molecule has 0 aromatic heterocycles. The zero-order valence-corrected chi connectivity index (χ0v) is 13.7. The second kappa shape index (κ2) is 7.06. The fourth-order valence-corrected chi connectivity index (χ4v) is 2.99. The number of aliphatic imine (C=N–C) groups is 1. The van der Waals surface area contributed by atoms with E-state index in [9.17, 15) is 0 Å². The average molecular weight is 319 g/mol. The van der Waals surface area contributed by atoms with Gasteiger partial charge in [-0.15, -0.1) is 0 Å². The third-order valence-electron chi connectivity index (χ3n) is 3.88. The van der Waals surface area contributed by atoms with Crippen LogP contribution in [0.25, 0.3) is 0 Å². The highest BCUT2D eigenvalue weighted by atomic mass is 16.7. The Kier molecular flexibility index (Phi) is 4.88. The van der Waals surface area contributed by atoms with Gasteiger partial charge in [-0.3, -0.25) is 4.99 Å². The zero-order chi connectivity index (χ0) is 16.2. The fraction of sp³-hybridized carbons (Fsp3) is 0.562. The molecule has 0 bridgehead atoms. The Balaban J connectivity index is 1.76. The van der Waals surface area contributed by atoms with Crippen LogP contribution < -0.4 is 25.8 Å². The van der Waals surface area contributed by atoms with Crippen molar-refractivity contribution in [1.82, 2.24) is 10.2 Å². The molecule has 2 atom stereocenters. The van der Waals surface area contributed by atoms with Gasteiger partial charge in [0.2, 0.25) is 6.79 Å². The zero-order valence-electron chi connectivity index (χ0n) is 13.7. The summed E-state index contributed by atoms with van der Waals surface area (Å²) in [5.41, 5.74) is 6.56. The average Bonchev–Trinajstić information content (AvgIpc) is 2.98. The minimum absolute atomic E-state index is 0.278. The summed E-state index contributed by atoms with van der Waals surface area (Å²) in [6.45, 7) is 7.59. The summed E-state index contributed by atoms with van der Waals surface area (Å²) in [6, 6.07) is 6.66.